The molecule has 2 aromatic rings. The van der Waals surface area contributed by atoms with Crippen molar-refractivity contribution >= 4 is 19.2 Å². The minimum Gasteiger partial charge on any atom is -0.0683 e. The molecule has 19 heavy (non-hydrogen) atoms. The maximum Gasteiger partial charge on any atom is -0.0221 e. The first-order chi connectivity index (χ1) is 9.02. The molecule has 102 valence electrons. The van der Waals surface area contributed by atoms with Crippen LogP contribution in [-0.4, -0.2) is 0 Å². The van der Waals surface area contributed by atoms with Crippen LogP contribution in [0.2, 0.25) is 0 Å². The largest absolute Gasteiger partial charge is 0.0683 e. The molecule has 0 nitrogen and oxygen atoms in total. The van der Waals surface area contributed by atoms with Crippen molar-refractivity contribution in [3.05, 3.63) is 58.7 Å². The molecule has 0 aliphatic rings. The number of hydrogen-bond donors (Lipinski definition) is 0. The smallest absolute Gasteiger partial charge is 0.0221 e. The Labute approximate surface area is 120 Å². The van der Waals surface area contributed by atoms with Gasteiger partial charge in [-0.05, 0) is 38.3 Å². The first-order valence-electron chi connectivity index (χ1n) is 6.96. The first kappa shape index (κ1) is 15.9. The highest BCUT2D eigenvalue weighted by atomic mass is 31.1. The summed E-state index contributed by atoms with van der Waals surface area (Å²) in [4.78, 5) is 0. The third-order valence-electron chi connectivity index (χ3n) is 2.73. The van der Waals surface area contributed by atoms with E-state index in [9.17, 15) is 0 Å². The number of hydrogen-bond acceptors (Lipinski definition) is 0. The molecule has 2 aromatic carbocycles. The fourth-order valence-electron chi connectivity index (χ4n) is 2.26. The van der Waals surface area contributed by atoms with Crippen molar-refractivity contribution in [2.45, 2.75) is 41.5 Å². The van der Waals surface area contributed by atoms with E-state index in [4.69, 9.17) is 0 Å². The van der Waals surface area contributed by atoms with Crippen LogP contribution in [0.5, 0.6) is 0 Å². The molecule has 0 aromatic heterocycles. The Kier molecular flexibility index (Phi) is 6.25. The van der Waals surface area contributed by atoms with E-state index >= 15 is 0 Å². The van der Waals surface area contributed by atoms with Crippen LogP contribution in [0.4, 0.5) is 0 Å². The average Bonchev–Trinajstić information content (AvgIpc) is 2.28. The quantitative estimate of drug-likeness (QED) is 0.702. The van der Waals surface area contributed by atoms with Crippen LogP contribution in [0.3, 0.4) is 0 Å². The second-order valence-corrected chi connectivity index (χ2v) is 6.28. The normalized spacial score (nSPS) is 9.79. The summed E-state index contributed by atoms with van der Waals surface area (Å²) in [5, 5.41) is 2.88. The van der Waals surface area contributed by atoms with Gasteiger partial charge in [-0.1, -0.05) is 81.1 Å². The predicted molar refractivity (Wildman–Crippen MR) is 90.8 cm³/mol. The number of aryl methyl sites for hydroxylation is 4. The summed E-state index contributed by atoms with van der Waals surface area (Å²) in [6.45, 7) is 12.7. The van der Waals surface area contributed by atoms with Crippen molar-refractivity contribution in [2.24, 2.45) is 0 Å². The summed E-state index contributed by atoms with van der Waals surface area (Å²) in [6.07, 6.45) is 0. The Hall–Kier alpha value is -1.13. The molecular weight excluding hydrogens is 247 g/mol. The van der Waals surface area contributed by atoms with E-state index in [-0.39, 0.29) is 0 Å². The summed E-state index contributed by atoms with van der Waals surface area (Å²) in [5.74, 6) is 0. The maximum absolute atomic E-state index is 2.29. The highest BCUT2D eigenvalue weighted by molar-refractivity contribution is 7.55. The fourth-order valence-corrected chi connectivity index (χ4v) is 3.79. The van der Waals surface area contributed by atoms with Gasteiger partial charge in [-0.25, -0.2) is 0 Å². The van der Waals surface area contributed by atoms with Crippen molar-refractivity contribution in [1.29, 1.82) is 0 Å². The monoisotopic (exact) mass is 272 g/mol. The molecule has 0 aliphatic heterocycles. The molecule has 0 N–H and O–H groups in total. The molecule has 2 rings (SSSR count). The van der Waals surface area contributed by atoms with Crippen molar-refractivity contribution in [3.63, 3.8) is 0 Å². The zero-order chi connectivity index (χ0) is 14.4. The Morgan fingerprint density at radius 3 is 1.05 bits per heavy atom. The molecule has 1 heteroatoms. The van der Waals surface area contributed by atoms with E-state index in [1.807, 2.05) is 13.8 Å². The van der Waals surface area contributed by atoms with Crippen LogP contribution in [-0.2, 0) is 0 Å². The number of benzene rings is 2. The third-order valence-corrected chi connectivity index (χ3v) is 3.89. The van der Waals surface area contributed by atoms with Gasteiger partial charge >= 0.3 is 0 Å². The van der Waals surface area contributed by atoms with E-state index in [1.165, 1.54) is 32.9 Å². The van der Waals surface area contributed by atoms with Gasteiger partial charge in [0.05, 0.1) is 0 Å². The van der Waals surface area contributed by atoms with Crippen molar-refractivity contribution in [3.8, 4) is 0 Å². The number of rotatable bonds is 2. The van der Waals surface area contributed by atoms with Crippen LogP contribution >= 0.6 is 8.58 Å². The van der Waals surface area contributed by atoms with E-state index in [2.05, 4.69) is 64.1 Å². The van der Waals surface area contributed by atoms with Gasteiger partial charge in [-0.2, -0.15) is 0 Å². The van der Waals surface area contributed by atoms with Crippen LogP contribution in [0.25, 0.3) is 0 Å². The van der Waals surface area contributed by atoms with Crippen LogP contribution in [0.1, 0.15) is 36.1 Å². The van der Waals surface area contributed by atoms with E-state index in [0.29, 0.717) is 0 Å². The summed E-state index contributed by atoms with van der Waals surface area (Å²) < 4.78 is 0. The Morgan fingerprint density at radius 2 is 0.789 bits per heavy atom. The molecular formula is C18H25P. The summed E-state index contributed by atoms with van der Waals surface area (Å²) in [6, 6.07) is 13.6. The van der Waals surface area contributed by atoms with Gasteiger partial charge in [0.1, 0.15) is 0 Å². The molecule has 0 saturated carbocycles. The molecule has 0 bridgehead atoms. The van der Waals surface area contributed by atoms with Crippen molar-refractivity contribution in [2.75, 3.05) is 0 Å². The van der Waals surface area contributed by atoms with Gasteiger partial charge in [-0.15, -0.1) is 0 Å². The van der Waals surface area contributed by atoms with Gasteiger partial charge in [0.25, 0.3) is 0 Å². The van der Waals surface area contributed by atoms with E-state index in [1.54, 1.807) is 0 Å². The zero-order valence-corrected chi connectivity index (χ0v) is 14.0. The molecule has 0 saturated heterocycles. The summed E-state index contributed by atoms with van der Waals surface area (Å²) >= 11 is 0. The lowest BCUT2D eigenvalue weighted by molar-refractivity contribution is 1.40. The lowest BCUT2D eigenvalue weighted by Crippen LogP contribution is -2.05. The molecule has 0 unspecified atom stereocenters. The van der Waals surface area contributed by atoms with Crippen molar-refractivity contribution in [1.82, 2.24) is 0 Å². The van der Waals surface area contributed by atoms with Gasteiger partial charge < -0.3 is 0 Å². The lowest BCUT2D eigenvalue weighted by atomic mass is 10.2. The Bertz CT molecular complexity index is 451. The Balaban J connectivity index is 0.000000861. The summed E-state index contributed by atoms with van der Waals surface area (Å²) in [7, 11) is 0.762. The lowest BCUT2D eigenvalue weighted by Gasteiger charge is -2.07. The third kappa shape index (κ3) is 5.17. The summed E-state index contributed by atoms with van der Waals surface area (Å²) in [5.41, 5.74) is 5.43. The zero-order valence-electron chi connectivity index (χ0n) is 13.0. The average molecular weight is 272 g/mol. The molecule has 0 atom stereocenters. The molecule has 0 fully saturated rings. The van der Waals surface area contributed by atoms with Gasteiger partial charge in [0.2, 0.25) is 0 Å². The maximum atomic E-state index is 2.29. The second-order valence-electron chi connectivity index (χ2n) is 4.88. The highest BCUT2D eigenvalue weighted by Gasteiger charge is 2.00. The minimum absolute atomic E-state index is 0.762. The molecule has 0 heterocycles. The second kappa shape index (κ2) is 7.46. The van der Waals surface area contributed by atoms with Gasteiger partial charge in [0.15, 0.2) is 0 Å². The van der Waals surface area contributed by atoms with Gasteiger partial charge in [-0.3, -0.25) is 0 Å². The SMILES string of the molecule is CC.Cc1cc(C)cc(Pc2cc(C)cc(C)c2)c1. The van der Waals surface area contributed by atoms with Crippen LogP contribution in [0, 0.1) is 27.7 Å². The highest BCUT2D eigenvalue weighted by Crippen LogP contribution is 2.15. The van der Waals surface area contributed by atoms with Crippen LogP contribution in [0.15, 0.2) is 36.4 Å². The molecule has 0 aliphatic carbocycles. The van der Waals surface area contributed by atoms with Crippen molar-refractivity contribution < 1.29 is 0 Å². The van der Waals surface area contributed by atoms with E-state index < -0.39 is 0 Å². The van der Waals surface area contributed by atoms with Gasteiger partial charge in [0, 0.05) is 0 Å². The molecule has 0 radical (unpaired) electrons. The first-order valence-corrected chi connectivity index (χ1v) is 7.96. The topological polar surface area (TPSA) is 0 Å². The standard InChI is InChI=1S/C16H19P.C2H6/c1-11-5-12(2)8-15(7-11)17-16-9-13(3)6-14(4)10-16;1-2/h5-10,17H,1-4H3;1-2H3. The predicted octanol–water partition coefficient (Wildman–Crippen LogP) is 4.58. The fraction of sp³-hybridized carbons (Fsp3) is 0.333. The van der Waals surface area contributed by atoms with Crippen LogP contribution < -0.4 is 10.6 Å². The molecule has 0 amide bonds. The molecule has 0 spiro atoms. The minimum atomic E-state index is 0.762. The van der Waals surface area contributed by atoms with E-state index in [0.717, 1.165) is 8.58 Å². The Morgan fingerprint density at radius 1 is 0.526 bits per heavy atom.